The molecule has 1 heterocycles. The van der Waals surface area contributed by atoms with Gasteiger partial charge in [-0.1, -0.05) is 12.1 Å². The normalized spacial score (nSPS) is 13.2. The Morgan fingerprint density at radius 2 is 1.85 bits per heavy atom. The molecule has 0 spiro atoms. The summed E-state index contributed by atoms with van der Waals surface area (Å²) in [4.78, 5) is 0.310. The second-order valence-electron chi connectivity index (χ2n) is 5.00. The van der Waals surface area contributed by atoms with Crippen molar-refractivity contribution in [1.29, 1.82) is 0 Å². The lowest BCUT2D eigenvalue weighted by atomic mass is 10.1. The van der Waals surface area contributed by atoms with Gasteiger partial charge < -0.3 is 9.73 Å². The van der Waals surface area contributed by atoms with Gasteiger partial charge in [0.05, 0.1) is 16.6 Å². The van der Waals surface area contributed by atoms with Crippen LogP contribution in [-0.4, -0.2) is 14.7 Å². The molecule has 0 aliphatic rings. The minimum absolute atomic E-state index is 0.0321. The quantitative estimate of drug-likeness (QED) is 0.937. The van der Waals surface area contributed by atoms with Gasteiger partial charge >= 0.3 is 0 Å². The van der Waals surface area contributed by atoms with Crippen molar-refractivity contribution in [3.8, 4) is 0 Å². The minimum atomic E-state index is -3.25. The van der Waals surface area contributed by atoms with E-state index < -0.39 is 9.84 Å². The maximum atomic E-state index is 11.8. The largest absolute Gasteiger partial charge is 0.466 e. The molecule has 20 heavy (non-hydrogen) atoms. The predicted molar refractivity (Wildman–Crippen MR) is 79.8 cm³/mol. The summed E-state index contributed by atoms with van der Waals surface area (Å²) < 4.78 is 29.1. The molecule has 5 heteroatoms. The number of hydrogen-bond donors (Lipinski definition) is 1. The fraction of sp³-hybridized carbons (Fsp3) is 0.333. The molecule has 1 unspecified atom stereocenters. The molecule has 0 bridgehead atoms. The number of sulfone groups is 1. The summed E-state index contributed by atoms with van der Waals surface area (Å²) in [6.07, 6.45) is 1.21. The van der Waals surface area contributed by atoms with E-state index in [0.29, 0.717) is 10.6 Å². The summed E-state index contributed by atoms with van der Waals surface area (Å²) in [5.41, 5.74) is 1.64. The van der Waals surface area contributed by atoms with Crippen LogP contribution in [0, 0.1) is 13.8 Å². The summed E-state index contributed by atoms with van der Waals surface area (Å²) >= 11 is 0. The van der Waals surface area contributed by atoms with Crippen molar-refractivity contribution >= 4 is 15.5 Å². The number of benzene rings is 1. The van der Waals surface area contributed by atoms with Crippen molar-refractivity contribution in [2.75, 3.05) is 11.6 Å². The number of hydrogen-bond acceptors (Lipinski definition) is 4. The van der Waals surface area contributed by atoms with Crippen LogP contribution in [0.2, 0.25) is 0 Å². The Bertz CT molecular complexity index is 716. The maximum Gasteiger partial charge on any atom is 0.177 e. The maximum absolute atomic E-state index is 11.8. The smallest absolute Gasteiger partial charge is 0.177 e. The molecule has 0 radical (unpaired) electrons. The van der Waals surface area contributed by atoms with Crippen molar-refractivity contribution in [3.63, 3.8) is 0 Å². The van der Waals surface area contributed by atoms with E-state index in [-0.39, 0.29) is 6.04 Å². The highest BCUT2D eigenvalue weighted by Crippen LogP contribution is 2.28. The van der Waals surface area contributed by atoms with Gasteiger partial charge in [-0.2, -0.15) is 0 Å². The van der Waals surface area contributed by atoms with Crippen molar-refractivity contribution < 1.29 is 12.8 Å². The lowest BCUT2D eigenvalue weighted by molar-refractivity contribution is 0.500. The standard InChI is InChI=1S/C15H19NO3S/c1-10-9-13(12(3)19-10)11(2)16-14-7-5-6-8-15(14)20(4,17)18/h5-9,11,16H,1-4H3. The van der Waals surface area contributed by atoms with Crippen LogP contribution in [0.15, 0.2) is 39.6 Å². The van der Waals surface area contributed by atoms with Gasteiger partial charge in [0.25, 0.3) is 0 Å². The SMILES string of the molecule is Cc1cc(C(C)Nc2ccccc2S(C)(=O)=O)c(C)o1. The molecule has 2 aromatic rings. The highest BCUT2D eigenvalue weighted by Gasteiger charge is 2.17. The Hall–Kier alpha value is -1.75. The fourth-order valence-electron chi connectivity index (χ4n) is 2.30. The molecule has 4 nitrogen and oxygen atoms in total. The van der Waals surface area contributed by atoms with Gasteiger partial charge in [0.1, 0.15) is 11.5 Å². The van der Waals surface area contributed by atoms with Crippen LogP contribution in [0.5, 0.6) is 0 Å². The zero-order valence-corrected chi connectivity index (χ0v) is 12.9. The number of anilines is 1. The van der Waals surface area contributed by atoms with Gasteiger partial charge in [-0.05, 0) is 39.0 Å². The van der Waals surface area contributed by atoms with Gasteiger partial charge in [0.15, 0.2) is 9.84 Å². The Balaban J connectivity index is 2.34. The molecule has 0 saturated heterocycles. The topological polar surface area (TPSA) is 59.3 Å². The lowest BCUT2D eigenvalue weighted by Crippen LogP contribution is -2.10. The molecule has 1 aromatic carbocycles. The van der Waals surface area contributed by atoms with E-state index in [4.69, 9.17) is 4.42 Å². The third kappa shape index (κ3) is 3.04. The van der Waals surface area contributed by atoms with Crippen LogP contribution < -0.4 is 5.32 Å². The van der Waals surface area contributed by atoms with Gasteiger partial charge in [-0.25, -0.2) is 8.42 Å². The summed E-state index contributed by atoms with van der Waals surface area (Å²) in [7, 11) is -3.25. The Morgan fingerprint density at radius 1 is 1.20 bits per heavy atom. The second-order valence-corrected chi connectivity index (χ2v) is 6.99. The molecule has 0 aliphatic heterocycles. The third-order valence-electron chi connectivity index (χ3n) is 3.20. The lowest BCUT2D eigenvalue weighted by Gasteiger charge is -2.17. The molecular formula is C15H19NO3S. The molecule has 0 amide bonds. The van der Waals surface area contributed by atoms with E-state index in [1.54, 1.807) is 18.2 Å². The third-order valence-corrected chi connectivity index (χ3v) is 4.36. The summed E-state index contributed by atoms with van der Waals surface area (Å²) in [6.45, 7) is 5.78. The van der Waals surface area contributed by atoms with Crippen molar-refractivity contribution in [3.05, 3.63) is 47.4 Å². The van der Waals surface area contributed by atoms with E-state index in [1.807, 2.05) is 32.9 Å². The van der Waals surface area contributed by atoms with Gasteiger partial charge in [-0.15, -0.1) is 0 Å². The molecule has 1 N–H and O–H groups in total. The average molecular weight is 293 g/mol. The van der Waals surface area contributed by atoms with Crippen molar-refractivity contribution in [2.45, 2.75) is 31.7 Å². The highest BCUT2D eigenvalue weighted by atomic mass is 32.2. The molecule has 108 valence electrons. The molecule has 0 aliphatic carbocycles. The van der Waals surface area contributed by atoms with Crippen LogP contribution in [0.4, 0.5) is 5.69 Å². The number of furan rings is 1. The second kappa shape index (κ2) is 5.32. The predicted octanol–water partition coefficient (Wildman–Crippen LogP) is 3.47. The monoisotopic (exact) mass is 293 g/mol. The van der Waals surface area contributed by atoms with Gasteiger partial charge in [-0.3, -0.25) is 0 Å². The van der Waals surface area contributed by atoms with Crippen LogP contribution in [0.3, 0.4) is 0 Å². The first-order chi connectivity index (χ1) is 9.29. The first-order valence-electron chi connectivity index (χ1n) is 6.41. The van der Waals surface area contributed by atoms with Gasteiger partial charge in [0.2, 0.25) is 0 Å². The zero-order chi connectivity index (χ0) is 14.9. The number of rotatable bonds is 4. The first kappa shape index (κ1) is 14.7. The average Bonchev–Trinajstić information content (AvgIpc) is 2.68. The van der Waals surface area contributed by atoms with Crippen molar-refractivity contribution in [1.82, 2.24) is 0 Å². The molecule has 0 saturated carbocycles. The van der Waals surface area contributed by atoms with Crippen molar-refractivity contribution in [2.24, 2.45) is 0 Å². The van der Waals surface area contributed by atoms with E-state index in [2.05, 4.69) is 5.32 Å². The van der Waals surface area contributed by atoms with E-state index >= 15 is 0 Å². The number of nitrogens with one attached hydrogen (secondary N) is 1. The van der Waals surface area contributed by atoms with Gasteiger partial charge in [0, 0.05) is 11.8 Å². The molecule has 1 atom stereocenters. The fourth-order valence-corrected chi connectivity index (χ4v) is 3.15. The minimum Gasteiger partial charge on any atom is -0.466 e. The molecule has 2 rings (SSSR count). The summed E-state index contributed by atoms with van der Waals surface area (Å²) in [5, 5.41) is 3.25. The molecule has 1 aromatic heterocycles. The Morgan fingerprint density at radius 3 is 2.40 bits per heavy atom. The summed E-state index contributed by atoms with van der Waals surface area (Å²) in [6, 6.07) is 8.86. The van der Waals surface area contributed by atoms with E-state index in [0.717, 1.165) is 17.1 Å². The number of para-hydroxylation sites is 1. The van der Waals surface area contributed by atoms with Crippen LogP contribution in [0.1, 0.15) is 30.0 Å². The Labute approximate surface area is 119 Å². The summed E-state index contributed by atoms with van der Waals surface area (Å²) in [5.74, 6) is 1.70. The Kier molecular flexibility index (Phi) is 3.90. The van der Waals surface area contributed by atoms with Crippen LogP contribution in [0.25, 0.3) is 0 Å². The van der Waals surface area contributed by atoms with E-state index in [1.165, 1.54) is 6.26 Å². The zero-order valence-electron chi connectivity index (χ0n) is 12.1. The number of aryl methyl sites for hydroxylation is 2. The van der Waals surface area contributed by atoms with Crippen LogP contribution in [-0.2, 0) is 9.84 Å². The van der Waals surface area contributed by atoms with Crippen LogP contribution >= 0.6 is 0 Å². The molecular weight excluding hydrogens is 274 g/mol. The van der Waals surface area contributed by atoms with E-state index in [9.17, 15) is 8.42 Å². The molecule has 0 fully saturated rings. The highest BCUT2D eigenvalue weighted by molar-refractivity contribution is 7.90. The first-order valence-corrected chi connectivity index (χ1v) is 8.30.